The molecular formula is C47H92O4. The quantitative estimate of drug-likeness (QED) is 0.0487. The lowest BCUT2D eigenvalue weighted by molar-refractivity contribution is -0.142. The Kier molecular flexibility index (Phi) is 47.4. The van der Waals surface area contributed by atoms with Crippen LogP contribution < -0.4 is 0 Å². The van der Waals surface area contributed by atoms with Crippen LogP contribution in [0.25, 0.3) is 0 Å². The molecule has 4 heteroatoms. The number of carboxylic acids is 2. The Morgan fingerprint density at radius 3 is 0.902 bits per heavy atom. The zero-order chi connectivity index (χ0) is 37.7. The number of hydrogen-bond acceptors (Lipinski definition) is 2. The second kappa shape index (κ2) is 46.7. The van der Waals surface area contributed by atoms with Gasteiger partial charge in [-0.15, -0.1) is 0 Å². The molecule has 0 radical (unpaired) electrons. The highest BCUT2D eigenvalue weighted by atomic mass is 16.4. The summed E-state index contributed by atoms with van der Waals surface area (Å²) in [7, 11) is 0. The van der Waals surface area contributed by atoms with E-state index < -0.39 is 11.9 Å². The monoisotopic (exact) mass is 721 g/mol. The van der Waals surface area contributed by atoms with Crippen LogP contribution in [0.5, 0.6) is 0 Å². The summed E-state index contributed by atoms with van der Waals surface area (Å²) in [6.45, 7) is 6.80. The predicted octanol–water partition coefficient (Wildman–Crippen LogP) is 16.6. The zero-order valence-corrected chi connectivity index (χ0v) is 35.0. The van der Waals surface area contributed by atoms with E-state index in [1.165, 1.54) is 205 Å². The van der Waals surface area contributed by atoms with Gasteiger partial charge in [-0.05, 0) is 44.9 Å². The lowest BCUT2D eigenvalue weighted by Gasteiger charge is -2.12. The van der Waals surface area contributed by atoms with Gasteiger partial charge in [-0.1, -0.05) is 232 Å². The molecule has 0 heterocycles. The van der Waals surface area contributed by atoms with Crippen LogP contribution in [0.3, 0.4) is 0 Å². The molecule has 304 valence electrons. The second-order valence-electron chi connectivity index (χ2n) is 15.8. The van der Waals surface area contributed by atoms with Crippen molar-refractivity contribution in [2.75, 3.05) is 0 Å². The van der Waals surface area contributed by atoms with Gasteiger partial charge < -0.3 is 10.2 Å². The Hall–Kier alpha value is -1.32. The Bertz CT molecular complexity index is 702. The molecule has 2 N–H and O–H groups in total. The summed E-state index contributed by atoms with van der Waals surface area (Å²) < 4.78 is 0. The molecule has 51 heavy (non-hydrogen) atoms. The summed E-state index contributed by atoms with van der Waals surface area (Å²) in [5.74, 6) is -1.33. The molecule has 0 bridgehead atoms. The summed E-state index contributed by atoms with van der Waals surface area (Å²) in [4.78, 5) is 21.9. The van der Waals surface area contributed by atoms with E-state index in [9.17, 15) is 14.7 Å². The van der Waals surface area contributed by atoms with Crippen molar-refractivity contribution in [3.8, 4) is 0 Å². The number of unbranched alkanes of at least 4 members (excludes halogenated alkanes) is 32. The van der Waals surface area contributed by atoms with Crippen molar-refractivity contribution in [3.05, 3.63) is 12.2 Å². The summed E-state index contributed by atoms with van der Waals surface area (Å²) in [5.41, 5.74) is 0. The number of rotatable bonds is 41. The van der Waals surface area contributed by atoms with Crippen LogP contribution in [0.15, 0.2) is 12.2 Å². The normalized spacial score (nSPS) is 11.9. The van der Waals surface area contributed by atoms with E-state index in [1.54, 1.807) is 0 Å². The van der Waals surface area contributed by atoms with Crippen LogP contribution >= 0.6 is 0 Å². The molecule has 0 aliphatic carbocycles. The standard InChI is InChI=1S/C29H56O2.C18H36O2/c1-3-5-7-9-11-13-14-15-16-17-19-21-23-25-27-28(29(30)31)26-24-22-20-18-12-10-8-6-4-2;1-2-3-4-5-6-7-8-9-10-11-12-13-14-15-16-17-18(19)20/h15-16,28H,3-14,17-27H2,1-2H3,(H,30,31);2-17H2,1H3,(H,19,20). The molecule has 4 nitrogen and oxygen atoms in total. The summed E-state index contributed by atoms with van der Waals surface area (Å²) in [6, 6.07) is 0. The van der Waals surface area contributed by atoms with E-state index >= 15 is 0 Å². The lowest BCUT2D eigenvalue weighted by Crippen LogP contribution is -2.13. The first-order valence-electron chi connectivity index (χ1n) is 23.1. The topological polar surface area (TPSA) is 74.6 Å². The van der Waals surface area contributed by atoms with Crippen molar-refractivity contribution in [2.45, 2.75) is 271 Å². The van der Waals surface area contributed by atoms with Gasteiger partial charge in [0.15, 0.2) is 0 Å². The van der Waals surface area contributed by atoms with Crippen LogP contribution in [0.1, 0.15) is 271 Å². The summed E-state index contributed by atoms with van der Waals surface area (Å²) in [5, 5.41) is 18.0. The van der Waals surface area contributed by atoms with Gasteiger partial charge in [0.1, 0.15) is 0 Å². The van der Waals surface area contributed by atoms with Gasteiger partial charge in [0, 0.05) is 6.42 Å². The van der Waals surface area contributed by atoms with Gasteiger partial charge in [0.2, 0.25) is 0 Å². The average molecular weight is 721 g/mol. The second-order valence-corrected chi connectivity index (χ2v) is 15.8. The molecule has 0 aromatic rings. The molecule has 1 unspecified atom stereocenters. The highest BCUT2D eigenvalue weighted by molar-refractivity contribution is 5.69. The van der Waals surface area contributed by atoms with Crippen LogP contribution in [-0.4, -0.2) is 22.2 Å². The van der Waals surface area contributed by atoms with Crippen LogP contribution in [0.4, 0.5) is 0 Å². The molecule has 0 saturated carbocycles. The van der Waals surface area contributed by atoms with Gasteiger partial charge in [-0.2, -0.15) is 0 Å². The van der Waals surface area contributed by atoms with Crippen molar-refractivity contribution in [1.29, 1.82) is 0 Å². The van der Waals surface area contributed by atoms with Gasteiger partial charge in [0.25, 0.3) is 0 Å². The molecule has 0 aromatic heterocycles. The SMILES string of the molecule is CCCCCCCCC=CCCCCCCC(CCCCCCCCCCC)C(=O)O.CCCCCCCCCCCCCCCCCC(=O)O. The molecule has 0 aliphatic rings. The molecule has 0 saturated heterocycles. The van der Waals surface area contributed by atoms with Crippen molar-refractivity contribution in [3.63, 3.8) is 0 Å². The smallest absolute Gasteiger partial charge is 0.306 e. The first-order chi connectivity index (χ1) is 25.0. The number of hydrogen-bond donors (Lipinski definition) is 2. The van der Waals surface area contributed by atoms with Crippen LogP contribution in [0, 0.1) is 5.92 Å². The maximum atomic E-state index is 11.5. The molecule has 0 rings (SSSR count). The fraction of sp³-hybridized carbons (Fsp3) is 0.915. The minimum atomic E-state index is -0.653. The molecule has 0 aliphatic heterocycles. The van der Waals surface area contributed by atoms with Gasteiger partial charge in [-0.25, -0.2) is 0 Å². The first kappa shape index (κ1) is 51.8. The number of aliphatic carboxylic acids is 2. The minimum Gasteiger partial charge on any atom is -0.481 e. The van der Waals surface area contributed by atoms with Crippen molar-refractivity contribution < 1.29 is 19.8 Å². The molecule has 0 spiro atoms. The lowest BCUT2D eigenvalue weighted by atomic mass is 9.94. The molecular weight excluding hydrogens is 629 g/mol. The van der Waals surface area contributed by atoms with Crippen molar-refractivity contribution in [2.24, 2.45) is 5.92 Å². The highest BCUT2D eigenvalue weighted by Crippen LogP contribution is 2.20. The largest absolute Gasteiger partial charge is 0.481 e. The molecule has 0 fully saturated rings. The van der Waals surface area contributed by atoms with Gasteiger partial charge in [-0.3, -0.25) is 9.59 Å². The molecule has 1 atom stereocenters. The van der Waals surface area contributed by atoms with Crippen molar-refractivity contribution >= 4 is 11.9 Å². The number of carboxylic acid groups (broad SMARTS) is 2. The van der Waals surface area contributed by atoms with Crippen LogP contribution in [-0.2, 0) is 9.59 Å². The van der Waals surface area contributed by atoms with Crippen molar-refractivity contribution in [1.82, 2.24) is 0 Å². The fourth-order valence-corrected chi connectivity index (χ4v) is 7.02. The zero-order valence-electron chi connectivity index (χ0n) is 35.0. The van der Waals surface area contributed by atoms with Gasteiger partial charge in [0.05, 0.1) is 5.92 Å². The Balaban J connectivity index is 0. The number of carbonyl (C=O) groups is 2. The van der Waals surface area contributed by atoms with E-state index in [2.05, 4.69) is 32.9 Å². The molecule has 0 aromatic carbocycles. The third kappa shape index (κ3) is 48.7. The van der Waals surface area contributed by atoms with E-state index in [-0.39, 0.29) is 5.92 Å². The first-order valence-corrected chi connectivity index (χ1v) is 23.1. The molecule has 0 amide bonds. The Morgan fingerprint density at radius 1 is 0.373 bits per heavy atom. The maximum absolute atomic E-state index is 11.5. The summed E-state index contributed by atoms with van der Waals surface area (Å²) in [6.07, 6.45) is 53.8. The summed E-state index contributed by atoms with van der Waals surface area (Å²) >= 11 is 0. The van der Waals surface area contributed by atoms with Crippen LogP contribution in [0.2, 0.25) is 0 Å². The third-order valence-corrected chi connectivity index (χ3v) is 10.6. The van der Waals surface area contributed by atoms with E-state index in [4.69, 9.17) is 5.11 Å². The van der Waals surface area contributed by atoms with Gasteiger partial charge >= 0.3 is 11.9 Å². The fourth-order valence-electron chi connectivity index (χ4n) is 7.02. The Labute approximate surface area is 320 Å². The predicted molar refractivity (Wildman–Crippen MR) is 225 cm³/mol. The van der Waals surface area contributed by atoms with E-state index in [0.29, 0.717) is 6.42 Å². The minimum absolute atomic E-state index is 0.109. The van der Waals surface area contributed by atoms with E-state index in [0.717, 1.165) is 38.5 Å². The Morgan fingerprint density at radius 2 is 0.627 bits per heavy atom. The van der Waals surface area contributed by atoms with E-state index in [1.807, 2.05) is 0 Å². The number of allylic oxidation sites excluding steroid dienone is 2. The third-order valence-electron chi connectivity index (χ3n) is 10.6. The highest BCUT2D eigenvalue weighted by Gasteiger charge is 2.16. The average Bonchev–Trinajstić information content (AvgIpc) is 3.11. The maximum Gasteiger partial charge on any atom is 0.306 e.